The first-order chi connectivity index (χ1) is 11.5. The molecule has 8 heteroatoms. The predicted molar refractivity (Wildman–Crippen MR) is 92.1 cm³/mol. The Bertz CT molecular complexity index is 756. The minimum absolute atomic E-state index is 0.0245. The van der Waals surface area contributed by atoms with E-state index in [0.29, 0.717) is 22.1 Å². The highest BCUT2D eigenvalue weighted by atomic mass is 35.5. The maximum absolute atomic E-state index is 13.8. The number of benzene rings is 2. The molecule has 0 atom stereocenters. The summed E-state index contributed by atoms with van der Waals surface area (Å²) in [5, 5.41) is 7.52. The lowest BCUT2D eigenvalue weighted by Crippen LogP contribution is -2.21. The van der Waals surface area contributed by atoms with Crippen LogP contribution in [-0.2, 0) is 6.61 Å². The van der Waals surface area contributed by atoms with Crippen LogP contribution in [0.5, 0.6) is 11.5 Å². The third-order valence-electron chi connectivity index (χ3n) is 3.00. The molecule has 0 saturated heterocycles. The largest absolute Gasteiger partial charge is 0.493 e. The minimum atomic E-state index is -0.428. The Kier molecular flexibility index (Phi) is 5.97. The van der Waals surface area contributed by atoms with Crippen LogP contribution in [-0.4, -0.2) is 19.3 Å². The smallest absolute Gasteiger partial charge is 0.211 e. The Morgan fingerprint density at radius 2 is 2.04 bits per heavy atom. The first-order valence-corrected chi connectivity index (χ1v) is 7.24. The summed E-state index contributed by atoms with van der Waals surface area (Å²) in [7, 11) is 1.50. The number of nitrogens with zero attached hydrogens (tertiary/aromatic N) is 2. The number of halogens is 2. The molecule has 0 unspecified atom stereocenters. The summed E-state index contributed by atoms with van der Waals surface area (Å²) < 4.78 is 24.6. The monoisotopic (exact) mass is 350 g/mol. The van der Waals surface area contributed by atoms with E-state index in [2.05, 4.69) is 10.2 Å². The van der Waals surface area contributed by atoms with E-state index in [-0.39, 0.29) is 18.1 Å². The Balaban J connectivity index is 2.16. The van der Waals surface area contributed by atoms with Gasteiger partial charge in [0, 0.05) is 5.56 Å². The Morgan fingerprint density at radius 1 is 1.25 bits per heavy atom. The van der Waals surface area contributed by atoms with Crippen molar-refractivity contribution in [2.45, 2.75) is 6.61 Å². The number of guanidine groups is 1. The molecule has 0 heterocycles. The quantitative estimate of drug-likeness (QED) is 0.475. The van der Waals surface area contributed by atoms with Crippen LogP contribution >= 0.6 is 11.6 Å². The van der Waals surface area contributed by atoms with Gasteiger partial charge in [0.05, 0.1) is 18.3 Å². The number of rotatable bonds is 6. The topological polar surface area (TPSA) is 95.2 Å². The van der Waals surface area contributed by atoms with Crippen molar-refractivity contribution in [1.82, 2.24) is 0 Å². The first-order valence-electron chi connectivity index (χ1n) is 6.87. The standard InChI is InChI=1S/C16H16ClFN4O2/c1-23-15-7-10(8-21-22-16(19)20)5-6-14(15)24-9-11-12(17)3-2-4-13(11)18/h2-8H,9H2,1H3,(H4,19,20,22)/b21-8+. The molecule has 0 aliphatic heterocycles. The molecule has 0 fully saturated rings. The molecule has 0 bridgehead atoms. The van der Waals surface area contributed by atoms with E-state index in [1.165, 1.54) is 25.5 Å². The maximum Gasteiger partial charge on any atom is 0.211 e. The van der Waals surface area contributed by atoms with Crippen LogP contribution in [0, 0.1) is 5.82 Å². The lowest BCUT2D eigenvalue weighted by Gasteiger charge is -2.12. The molecular formula is C16H16ClFN4O2. The molecule has 4 N–H and O–H groups in total. The van der Waals surface area contributed by atoms with Crippen molar-refractivity contribution in [1.29, 1.82) is 0 Å². The summed E-state index contributed by atoms with van der Waals surface area (Å²) in [4.78, 5) is 0. The predicted octanol–water partition coefficient (Wildman–Crippen LogP) is 2.67. The van der Waals surface area contributed by atoms with Crippen molar-refractivity contribution >= 4 is 23.8 Å². The highest BCUT2D eigenvalue weighted by molar-refractivity contribution is 6.31. The summed E-state index contributed by atoms with van der Waals surface area (Å²) in [6.07, 6.45) is 1.46. The zero-order valence-electron chi connectivity index (χ0n) is 12.9. The Labute approximate surface area is 143 Å². The number of ether oxygens (including phenoxy) is 2. The fourth-order valence-electron chi connectivity index (χ4n) is 1.87. The lowest BCUT2D eigenvalue weighted by atomic mass is 10.2. The van der Waals surface area contributed by atoms with Crippen molar-refractivity contribution in [2.24, 2.45) is 21.7 Å². The van der Waals surface area contributed by atoms with Gasteiger partial charge in [-0.2, -0.15) is 5.10 Å². The summed E-state index contributed by atoms with van der Waals surface area (Å²) in [5.74, 6) is 0.328. The fraction of sp³-hybridized carbons (Fsp3) is 0.125. The van der Waals surface area contributed by atoms with Gasteiger partial charge in [-0.25, -0.2) is 4.39 Å². The van der Waals surface area contributed by atoms with E-state index in [4.69, 9.17) is 32.5 Å². The molecule has 0 amide bonds. The molecule has 0 radical (unpaired) electrons. The van der Waals surface area contributed by atoms with Crippen LogP contribution in [0.1, 0.15) is 11.1 Å². The van der Waals surface area contributed by atoms with Crippen molar-refractivity contribution in [2.75, 3.05) is 7.11 Å². The van der Waals surface area contributed by atoms with Gasteiger partial charge < -0.3 is 20.9 Å². The normalized spacial score (nSPS) is 10.6. The molecule has 2 aromatic carbocycles. The van der Waals surface area contributed by atoms with Crippen LogP contribution in [0.25, 0.3) is 0 Å². The van der Waals surface area contributed by atoms with Crippen molar-refractivity contribution in [3.8, 4) is 11.5 Å². The molecule has 2 rings (SSSR count). The molecule has 2 aromatic rings. The van der Waals surface area contributed by atoms with E-state index >= 15 is 0 Å². The summed E-state index contributed by atoms with van der Waals surface area (Å²) >= 11 is 5.98. The molecule has 0 saturated carbocycles. The van der Waals surface area contributed by atoms with Crippen LogP contribution in [0.15, 0.2) is 46.6 Å². The van der Waals surface area contributed by atoms with E-state index < -0.39 is 5.82 Å². The SMILES string of the molecule is COc1cc(/C=N/N=C(N)N)ccc1OCc1c(F)cccc1Cl. The Hall–Kier alpha value is -2.80. The number of methoxy groups -OCH3 is 1. The zero-order chi connectivity index (χ0) is 17.5. The van der Waals surface area contributed by atoms with Gasteiger partial charge in [-0.3, -0.25) is 0 Å². The third-order valence-corrected chi connectivity index (χ3v) is 3.36. The molecule has 0 spiro atoms. The minimum Gasteiger partial charge on any atom is -0.493 e. The fourth-order valence-corrected chi connectivity index (χ4v) is 2.08. The van der Waals surface area contributed by atoms with Gasteiger partial charge in [0.2, 0.25) is 5.96 Å². The summed E-state index contributed by atoms with van der Waals surface area (Å²) in [5.41, 5.74) is 11.3. The van der Waals surface area contributed by atoms with Crippen molar-refractivity contribution < 1.29 is 13.9 Å². The van der Waals surface area contributed by atoms with Crippen LogP contribution in [0.4, 0.5) is 4.39 Å². The van der Waals surface area contributed by atoms with E-state index in [1.54, 1.807) is 24.3 Å². The van der Waals surface area contributed by atoms with Crippen LogP contribution in [0.3, 0.4) is 0 Å². The van der Waals surface area contributed by atoms with Gasteiger partial charge in [-0.05, 0) is 35.9 Å². The van der Waals surface area contributed by atoms with Crippen LogP contribution in [0.2, 0.25) is 5.02 Å². The van der Waals surface area contributed by atoms with E-state index in [9.17, 15) is 4.39 Å². The molecule has 6 nitrogen and oxygen atoms in total. The zero-order valence-corrected chi connectivity index (χ0v) is 13.6. The average Bonchev–Trinajstić information content (AvgIpc) is 2.54. The number of nitrogens with two attached hydrogens (primary N) is 2. The highest BCUT2D eigenvalue weighted by Gasteiger charge is 2.10. The molecular weight excluding hydrogens is 335 g/mol. The van der Waals surface area contributed by atoms with E-state index in [1.807, 2.05) is 0 Å². The van der Waals surface area contributed by atoms with Gasteiger partial charge in [0.15, 0.2) is 11.5 Å². The summed E-state index contributed by atoms with van der Waals surface area (Å²) in [6.45, 7) is -0.0245. The van der Waals surface area contributed by atoms with Gasteiger partial charge in [0.25, 0.3) is 0 Å². The number of hydrogen-bond acceptors (Lipinski definition) is 4. The molecule has 24 heavy (non-hydrogen) atoms. The second-order valence-electron chi connectivity index (χ2n) is 4.67. The molecule has 126 valence electrons. The Morgan fingerprint density at radius 3 is 2.71 bits per heavy atom. The molecule has 0 aliphatic rings. The maximum atomic E-state index is 13.8. The van der Waals surface area contributed by atoms with E-state index in [0.717, 1.165) is 0 Å². The second kappa shape index (κ2) is 8.16. The number of hydrogen-bond donors (Lipinski definition) is 2. The average molecular weight is 351 g/mol. The lowest BCUT2D eigenvalue weighted by molar-refractivity contribution is 0.280. The van der Waals surface area contributed by atoms with Gasteiger partial charge >= 0.3 is 0 Å². The highest BCUT2D eigenvalue weighted by Crippen LogP contribution is 2.29. The molecule has 0 aromatic heterocycles. The third kappa shape index (κ3) is 4.60. The summed E-state index contributed by atoms with van der Waals surface area (Å²) in [6, 6.07) is 9.54. The van der Waals surface area contributed by atoms with Gasteiger partial charge in [0.1, 0.15) is 12.4 Å². The van der Waals surface area contributed by atoms with Crippen LogP contribution < -0.4 is 20.9 Å². The van der Waals surface area contributed by atoms with Crippen molar-refractivity contribution in [3.63, 3.8) is 0 Å². The van der Waals surface area contributed by atoms with Gasteiger partial charge in [-0.1, -0.05) is 17.7 Å². The first kappa shape index (κ1) is 17.6. The van der Waals surface area contributed by atoms with Gasteiger partial charge in [-0.15, -0.1) is 5.10 Å². The second-order valence-corrected chi connectivity index (χ2v) is 5.08. The molecule has 0 aliphatic carbocycles. The van der Waals surface area contributed by atoms with Crippen molar-refractivity contribution in [3.05, 3.63) is 58.4 Å².